The number of likely N-dealkylation sites (tertiary alicyclic amines) is 1. The fourth-order valence-electron chi connectivity index (χ4n) is 3.27. The van der Waals surface area contributed by atoms with E-state index in [2.05, 4.69) is 6.07 Å². The number of carbonyl (C=O) groups is 1. The summed E-state index contributed by atoms with van der Waals surface area (Å²) in [7, 11) is 0. The molecule has 0 unspecified atom stereocenters. The van der Waals surface area contributed by atoms with Crippen molar-refractivity contribution in [3.8, 4) is 0 Å². The molecule has 1 fully saturated rings. The van der Waals surface area contributed by atoms with E-state index in [1.807, 2.05) is 48.5 Å². The molecule has 2 aliphatic heterocycles. The highest BCUT2D eigenvalue weighted by Crippen LogP contribution is 2.38. The second-order valence-electron chi connectivity index (χ2n) is 5.95. The monoisotopic (exact) mass is 306 g/mol. The molecule has 0 bridgehead atoms. The first-order valence-electron chi connectivity index (χ1n) is 7.93. The maximum Gasteiger partial charge on any atom is 0.410 e. The molecule has 4 rings (SSSR count). The van der Waals surface area contributed by atoms with E-state index in [1.54, 1.807) is 4.90 Å². The van der Waals surface area contributed by atoms with E-state index in [0.29, 0.717) is 19.7 Å². The van der Waals surface area contributed by atoms with Crippen molar-refractivity contribution in [3.05, 3.63) is 65.7 Å². The lowest BCUT2D eigenvalue weighted by Crippen LogP contribution is -2.42. The number of piperidine rings is 1. The van der Waals surface area contributed by atoms with Crippen molar-refractivity contribution in [2.45, 2.75) is 18.9 Å². The Morgan fingerprint density at radius 3 is 2.78 bits per heavy atom. The summed E-state index contributed by atoms with van der Waals surface area (Å²) >= 11 is 0. The normalized spacial score (nSPS) is 18.9. The number of amides is 1. The molecule has 0 spiro atoms. The Balaban J connectivity index is 1.42. The van der Waals surface area contributed by atoms with Crippen LogP contribution in [0.5, 0.6) is 0 Å². The van der Waals surface area contributed by atoms with E-state index in [-0.39, 0.29) is 12.0 Å². The lowest BCUT2D eigenvalue weighted by Gasteiger charge is -2.31. The highest BCUT2D eigenvalue weighted by molar-refractivity contribution is 5.99. The molecule has 1 amide bonds. The predicted octanol–water partition coefficient (Wildman–Crippen LogP) is 3.90. The number of ether oxygens (including phenoxy) is 1. The molecule has 1 atom stereocenters. The molecule has 2 aromatic rings. The fourth-order valence-corrected chi connectivity index (χ4v) is 3.27. The molecule has 23 heavy (non-hydrogen) atoms. The molecular weight excluding hydrogens is 288 g/mol. The Labute approximate surface area is 135 Å². The maximum atomic E-state index is 12.3. The molecule has 4 heteroatoms. The third kappa shape index (κ3) is 2.72. The van der Waals surface area contributed by atoms with Crippen molar-refractivity contribution in [1.82, 2.24) is 4.90 Å². The average molecular weight is 306 g/mol. The van der Waals surface area contributed by atoms with Gasteiger partial charge in [0.15, 0.2) is 0 Å². The van der Waals surface area contributed by atoms with Crippen molar-refractivity contribution in [1.29, 1.82) is 0 Å². The summed E-state index contributed by atoms with van der Waals surface area (Å²) in [4.78, 5) is 18.8. The molecule has 2 aliphatic rings. The molecule has 0 saturated carbocycles. The van der Waals surface area contributed by atoms with Gasteiger partial charge in [0, 0.05) is 31.1 Å². The van der Waals surface area contributed by atoms with Crippen molar-refractivity contribution < 1.29 is 9.53 Å². The first kappa shape index (κ1) is 14.0. The van der Waals surface area contributed by atoms with Crippen molar-refractivity contribution in [3.63, 3.8) is 0 Å². The van der Waals surface area contributed by atoms with Gasteiger partial charge in [-0.15, -0.1) is 0 Å². The van der Waals surface area contributed by atoms with Crippen LogP contribution in [-0.2, 0) is 11.3 Å². The number of aliphatic imine (C=N–C) groups is 1. The summed E-state index contributed by atoms with van der Waals surface area (Å²) in [6, 6.07) is 18.0. The van der Waals surface area contributed by atoms with Crippen LogP contribution in [0, 0.1) is 0 Å². The van der Waals surface area contributed by atoms with Crippen LogP contribution in [0.2, 0.25) is 0 Å². The van der Waals surface area contributed by atoms with Gasteiger partial charge >= 0.3 is 6.09 Å². The number of fused-ring (bicyclic) bond motifs is 3. The maximum absolute atomic E-state index is 12.3. The lowest BCUT2D eigenvalue weighted by molar-refractivity contribution is 0.0944. The van der Waals surface area contributed by atoms with E-state index >= 15 is 0 Å². The number of benzene rings is 2. The third-order valence-electron chi connectivity index (χ3n) is 4.48. The van der Waals surface area contributed by atoms with Crippen LogP contribution < -0.4 is 0 Å². The summed E-state index contributed by atoms with van der Waals surface area (Å²) in [6.45, 7) is 1.65. The topological polar surface area (TPSA) is 41.9 Å². The summed E-state index contributed by atoms with van der Waals surface area (Å²) in [5, 5.41) is 0. The summed E-state index contributed by atoms with van der Waals surface area (Å²) in [5.74, 6) is 0.226. The number of hydrogen-bond donors (Lipinski definition) is 0. The van der Waals surface area contributed by atoms with Gasteiger partial charge in [0.25, 0.3) is 0 Å². The van der Waals surface area contributed by atoms with Gasteiger partial charge in [0.05, 0.1) is 5.69 Å². The molecule has 1 saturated heterocycles. The van der Waals surface area contributed by atoms with Crippen LogP contribution in [0.3, 0.4) is 0 Å². The number of nitrogens with zero attached hydrogens (tertiary/aromatic N) is 2. The highest BCUT2D eigenvalue weighted by atomic mass is 16.6. The van der Waals surface area contributed by atoms with Crippen LogP contribution in [0.25, 0.3) is 0 Å². The van der Waals surface area contributed by atoms with Gasteiger partial charge in [0.1, 0.15) is 6.61 Å². The van der Waals surface area contributed by atoms with Gasteiger partial charge in [-0.1, -0.05) is 48.5 Å². The third-order valence-corrected chi connectivity index (χ3v) is 4.48. The standard InChI is InChI=1S/C19H18N2O2/c22-19(23-13-14-6-2-1-3-7-14)21-11-10-18-16(12-21)15-8-4-5-9-17(15)20-18/h1-9,16H,10-13H2/t16-/m1/s1. The zero-order valence-electron chi connectivity index (χ0n) is 12.8. The predicted molar refractivity (Wildman–Crippen MR) is 89.1 cm³/mol. The van der Waals surface area contributed by atoms with Gasteiger partial charge < -0.3 is 9.64 Å². The van der Waals surface area contributed by atoms with Gasteiger partial charge in [-0.3, -0.25) is 4.99 Å². The fraction of sp³-hybridized carbons (Fsp3) is 0.263. The van der Waals surface area contributed by atoms with Crippen LogP contribution >= 0.6 is 0 Å². The molecule has 0 aromatic heterocycles. The summed E-state index contributed by atoms with van der Waals surface area (Å²) < 4.78 is 5.45. The van der Waals surface area contributed by atoms with Gasteiger partial charge in [-0.05, 0) is 17.2 Å². The first-order chi connectivity index (χ1) is 11.3. The van der Waals surface area contributed by atoms with Gasteiger partial charge in [-0.2, -0.15) is 0 Å². The second kappa shape index (κ2) is 5.88. The minimum atomic E-state index is -0.239. The summed E-state index contributed by atoms with van der Waals surface area (Å²) in [5.41, 5.74) is 4.47. The van der Waals surface area contributed by atoms with Crippen molar-refractivity contribution >= 4 is 17.5 Å². The highest BCUT2D eigenvalue weighted by Gasteiger charge is 2.34. The molecule has 0 radical (unpaired) electrons. The van der Waals surface area contributed by atoms with Crippen LogP contribution in [0.4, 0.5) is 10.5 Å². The minimum absolute atomic E-state index is 0.226. The molecule has 2 heterocycles. The Bertz CT molecular complexity index is 755. The average Bonchev–Trinajstić information content (AvgIpc) is 2.98. The van der Waals surface area contributed by atoms with E-state index in [9.17, 15) is 4.79 Å². The van der Waals surface area contributed by atoms with E-state index in [0.717, 1.165) is 17.7 Å². The minimum Gasteiger partial charge on any atom is -0.445 e. The van der Waals surface area contributed by atoms with Crippen LogP contribution in [0.1, 0.15) is 23.5 Å². The number of hydrogen-bond acceptors (Lipinski definition) is 3. The zero-order valence-corrected chi connectivity index (χ0v) is 12.8. The van der Waals surface area contributed by atoms with Crippen LogP contribution in [-0.4, -0.2) is 29.8 Å². The molecule has 0 N–H and O–H groups in total. The second-order valence-corrected chi connectivity index (χ2v) is 5.95. The van der Waals surface area contributed by atoms with E-state index < -0.39 is 0 Å². The van der Waals surface area contributed by atoms with Crippen molar-refractivity contribution in [2.75, 3.05) is 13.1 Å². The molecule has 116 valence electrons. The largest absolute Gasteiger partial charge is 0.445 e. The molecule has 2 aromatic carbocycles. The Morgan fingerprint density at radius 2 is 1.91 bits per heavy atom. The Morgan fingerprint density at radius 1 is 1.13 bits per heavy atom. The molecular formula is C19H18N2O2. The SMILES string of the molecule is O=C(OCc1ccccc1)N1CCC2=Nc3ccccc3[C@H]2C1. The number of para-hydroxylation sites is 1. The van der Waals surface area contributed by atoms with Gasteiger partial charge in [0.2, 0.25) is 0 Å². The van der Waals surface area contributed by atoms with Gasteiger partial charge in [-0.25, -0.2) is 4.79 Å². The number of rotatable bonds is 2. The van der Waals surface area contributed by atoms with E-state index in [1.165, 1.54) is 11.3 Å². The quantitative estimate of drug-likeness (QED) is 0.844. The first-order valence-corrected chi connectivity index (χ1v) is 7.93. The Kier molecular flexibility index (Phi) is 3.58. The van der Waals surface area contributed by atoms with E-state index in [4.69, 9.17) is 9.73 Å². The number of carbonyl (C=O) groups excluding carboxylic acids is 1. The summed E-state index contributed by atoms with van der Waals surface area (Å²) in [6.07, 6.45) is 0.581. The van der Waals surface area contributed by atoms with Crippen molar-refractivity contribution in [2.24, 2.45) is 4.99 Å². The Hall–Kier alpha value is -2.62. The smallest absolute Gasteiger partial charge is 0.410 e. The molecule has 0 aliphatic carbocycles. The van der Waals surface area contributed by atoms with Crippen LogP contribution in [0.15, 0.2) is 59.6 Å². The zero-order chi connectivity index (χ0) is 15.6. The lowest BCUT2D eigenvalue weighted by atomic mass is 9.91. The molecule has 4 nitrogen and oxygen atoms in total.